The Bertz CT molecular complexity index is 450. The Kier molecular flexibility index (Phi) is 5.04. The minimum atomic E-state index is -2.92. The van der Waals surface area contributed by atoms with Crippen molar-refractivity contribution in [1.29, 1.82) is 0 Å². The number of benzene rings is 1. The molecule has 1 N–H and O–H groups in total. The van der Waals surface area contributed by atoms with Gasteiger partial charge in [0.25, 0.3) is 0 Å². The van der Waals surface area contributed by atoms with Gasteiger partial charge in [0.05, 0.1) is 13.3 Å². The lowest BCUT2D eigenvalue weighted by Crippen LogP contribution is -2.12. The molecule has 0 atom stereocenters. The molecule has 98 valence electrons. The summed E-state index contributed by atoms with van der Waals surface area (Å²) in [4.78, 5) is 10.6. The highest BCUT2D eigenvalue weighted by atomic mass is 19.3. The van der Waals surface area contributed by atoms with Gasteiger partial charge in [-0.05, 0) is 23.8 Å². The fourth-order valence-electron chi connectivity index (χ4n) is 1.16. The number of amides is 1. The summed E-state index contributed by atoms with van der Waals surface area (Å²) in [6.45, 7) is -1.60. The molecule has 0 saturated carbocycles. The van der Waals surface area contributed by atoms with Gasteiger partial charge in [0.15, 0.2) is 11.5 Å². The Labute approximate surface area is 102 Å². The zero-order valence-electron chi connectivity index (χ0n) is 9.81. The smallest absolute Gasteiger partial charge is 0.387 e. The average Bonchev–Trinajstić information content (AvgIpc) is 2.29. The van der Waals surface area contributed by atoms with Gasteiger partial charge in [-0.2, -0.15) is 13.9 Å². The molecule has 0 spiro atoms. The van der Waals surface area contributed by atoms with E-state index in [1.165, 1.54) is 38.4 Å². The molecule has 0 aliphatic carbocycles. The molecule has 0 radical (unpaired) electrons. The highest BCUT2D eigenvalue weighted by molar-refractivity contribution is 5.82. The van der Waals surface area contributed by atoms with Crippen LogP contribution in [0.4, 0.5) is 8.78 Å². The molecule has 0 bridgehead atoms. The van der Waals surface area contributed by atoms with E-state index < -0.39 is 6.61 Å². The standard InChI is InChI=1S/C11H12F2N2O3/c1-7(16)15-14-6-8-3-4-9(18-11(12)13)10(5-8)17-2/h3-6,11H,1-2H3,(H,15,16)/b14-6-. The number of nitrogens with zero attached hydrogens (tertiary/aromatic N) is 1. The first-order valence-corrected chi connectivity index (χ1v) is 4.95. The summed E-state index contributed by atoms with van der Waals surface area (Å²) in [6.07, 6.45) is 1.36. The normalized spacial score (nSPS) is 10.7. The summed E-state index contributed by atoms with van der Waals surface area (Å²) >= 11 is 0. The number of ether oxygens (including phenoxy) is 2. The van der Waals surface area contributed by atoms with Crippen molar-refractivity contribution in [3.05, 3.63) is 23.8 Å². The number of carbonyl (C=O) groups excluding carboxylic acids is 1. The summed E-state index contributed by atoms with van der Waals surface area (Å²) in [5.74, 6) is -0.220. The van der Waals surface area contributed by atoms with Gasteiger partial charge in [0, 0.05) is 6.92 Å². The van der Waals surface area contributed by atoms with Gasteiger partial charge < -0.3 is 9.47 Å². The number of hydrogen-bond acceptors (Lipinski definition) is 4. The molecule has 0 saturated heterocycles. The van der Waals surface area contributed by atoms with Gasteiger partial charge in [-0.3, -0.25) is 4.79 Å². The number of carbonyl (C=O) groups is 1. The SMILES string of the molecule is COc1cc(/C=N\NC(C)=O)ccc1OC(F)F. The molecule has 0 fully saturated rings. The average molecular weight is 258 g/mol. The van der Waals surface area contributed by atoms with Crippen LogP contribution in [0.3, 0.4) is 0 Å². The fourth-order valence-corrected chi connectivity index (χ4v) is 1.16. The maximum atomic E-state index is 12.1. The quantitative estimate of drug-likeness (QED) is 0.646. The predicted octanol–water partition coefficient (Wildman–Crippen LogP) is 1.77. The van der Waals surface area contributed by atoms with Crippen molar-refractivity contribution >= 4 is 12.1 Å². The van der Waals surface area contributed by atoms with Crippen LogP contribution in [0.25, 0.3) is 0 Å². The van der Waals surface area contributed by atoms with Crippen LogP contribution in [-0.4, -0.2) is 25.8 Å². The number of alkyl halides is 2. The first-order chi connectivity index (χ1) is 8.52. The minimum Gasteiger partial charge on any atom is -0.493 e. The maximum Gasteiger partial charge on any atom is 0.387 e. The molecule has 0 unspecified atom stereocenters. The largest absolute Gasteiger partial charge is 0.493 e. The zero-order chi connectivity index (χ0) is 13.5. The van der Waals surface area contributed by atoms with Crippen LogP contribution in [0.1, 0.15) is 12.5 Å². The van der Waals surface area contributed by atoms with Crippen LogP contribution in [0.2, 0.25) is 0 Å². The van der Waals surface area contributed by atoms with Crippen molar-refractivity contribution in [2.75, 3.05) is 7.11 Å². The van der Waals surface area contributed by atoms with E-state index in [1.807, 2.05) is 0 Å². The van der Waals surface area contributed by atoms with Crippen LogP contribution < -0.4 is 14.9 Å². The monoisotopic (exact) mass is 258 g/mol. The Morgan fingerprint density at radius 3 is 2.72 bits per heavy atom. The molecular weight excluding hydrogens is 246 g/mol. The van der Waals surface area contributed by atoms with Crippen LogP contribution in [0, 0.1) is 0 Å². The maximum absolute atomic E-state index is 12.1. The Hall–Kier alpha value is -2.18. The number of methoxy groups -OCH3 is 1. The number of hydrogen-bond donors (Lipinski definition) is 1. The summed E-state index contributed by atoms with van der Waals surface area (Å²) < 4.78 is 33.3. The molecule has 0 aliphatic heterocycles. The van der Waals surface area contributed by atoms with E-state index in [9.17, 15) is 13.6 Å². The van der Waals surface area contributed by atoms with E-state index in [0.29, 0.717) is 5.56 Å². The van der Waals surface area contributed by atoms with Gasteiger partial charge in [-0.15, -0.1) is 0 Å². The Morgan fingerprint density at radius 1 is 1.44 bits per heavy atom. The zero-order valence-corrected chi connectivity index (χ0v) is 9.81. The van der Waals surface area contributed by atoms with Crippen molar-refractivity contribution in [2.45, 2.75) is 13.5 Å². The molecule has 1 amide bonds. The lowest BCUT2D eigenvalue weighted by atomic mass is 10.2. The third-order valence-electron chi connectivity index (χ3n) is 1.84. The van der Waals surface area contributed by atoms with E-state index >= 15 is 0 Å². The number of hydrazone groups is 1. The summed E-state index contributed by atoms with van der Waals surface area (Å²) in [5.41, 5.74) is 2.79. The molecule has 0 aliphatic rings. The molecule has 1 rings (SSSR count). The van der Waals surface area contributed by atoms with Crippen molar-refractivity contribution < 1.29 is 23.0 Å². The van der Waals surface area contributed by atoms with Crippen molar-refractivity contribution in [3.8, 4) is 11.5 Å². The lowest BCUT2D eigenvalue weighted by molar-refractivity contribution is -0.118. The second-order valence-corrected chi connectivity index (χ2v) is 3.21. The van der Waals surface area contributed by atoms with Crippen molar-refractivity contribution in [3.63, 3.8) is 0 Å². The van der Waals surface area contributed by atoms with Crippen LogP contribution >= 0.6 is 0 Å². The Balaban J connectivity index is 2.84. The van der Waals surface area contributed by atoms with Gasteiger partial charge in [-0.25, -0.2) is 5.43 Å². The molecular formula is C11H12F2N2O3. The molecule has 18 heavy (non-hydrogen) atoms. The van der Waals surface area contributed by atoms with E-state index in [1.54, 1.807) is 0 Å². The minimum absolute atomic E-state index is 0.0656. The number of rotatable bonds is 5. The topological polar surface area (TPSA) is 59.9 Å². The van der Waals surface area contributed by atoms with Crippen molar-refractivity contribution in [1.82, 2.24) is 5.43 Å². The second kappa shape index (κ2) is 6.53. The van der Waals surface area contributed by atoms with E-state index in [4.69, 9.17) is 4.74 Å². The molecule has 0 aromatic heterocycles. The molecule has 1 aromatic carbocycles. The van der Waals surface area contributed by atoms with E-state index in [-0.39, 0.29) is 17.4 Å². The van der Waals surface area contributed by atoms with Gasteiger partial charge in [-0.1, -0.05) is 0 Å². The molecule has 1 aromatic rings. The highest BCUT2D eigenvalue weighted by Crippen LogP contribution is 2.28. The van der Waals surface area contributed by atoms with Gasteiger partial charge in [0.1, 0.15) is 0 Å². The van der Waals surface area contributed by atoms with E-state index in [0.717, 1.165) is 0 Å². The predicted molar refractivity (Wildman–Crippen MR) is 61.0 cm³/mol. The second-order valence-electron chi connectivity index (χ2n) is 3.21. The molecule has 7 heteroatoms. The third-order valence-corrected chi connectivity index (χ3v) is 1.84. The van der Waals surface area contributed by atoms with Crippen LogP contribution in [0.15, 0.2) is 23.3 Å². The Morgan fingerprint density at radius 2 is 2.17 bits per heavy atom. The summed E-state index contributed by atoms with van der Waals surface area (Å²) in [7, 11) is 1.34. The molecule has 5 nitrogen and oxygen atoms in total. The molecule has 0 heterocycles. The van der Waals surface area contributed by atoms with E-state index in [2.05, 4.69) is 15.3 Å². The van der Waals surface area contributed by atoms with Crippen LogP contribution in [0.5, 0.6) is 11.5 Å². The first-order valence-electron chi connectivity index (χ1n) is 4.95. The van der Waals surface area contributed by atoms with Crippen LogP contribution in [-0.2, 0) is 4.79 Å². The van der Waals surface area contributed by atoms with Crippen molar-refractivity contribution in [2.24, 2.45) is 5.10 Å². The van der Waals surface area contributed by atoms with Gasteiger partial charge >= 0.3 is 6.61 Å². The third kappa shape index (κ3) is 4.36. The first kappa shape index (κ1) is 13.9. The summed E-state index contributed by atoms with van der Waals surface area (Å²) in [5, 5.41) is 3.64. The fraction of sp³-hybridized carbons (Fsp3) is 0.273. The lowest BCUT2D eigenvalue weighted by Gasteiger charge is -2.09. The summed E-state index contributed by atoms with van der Waals surface area (Å²) in [6, 6.07) is 4.30. The highest BCUT2D eigenvalue weighted by Gasteiger charge is 2.10. The van der Waals surface area contributed by atoms with Gasteiger partial charge in [0.2, 0.25) is 5.91 Å². The number of halogens is 2. The number of nitrogens with one attached hydrogen (secondary N) is 1.